The summed E-state index contributed by atoms with van der Waals surface area (Å²) in [5.41, 5.74) is 0.858. The number of hydrogen-bond donors (Lipinski definition) is 1. The van der Waals surface area contributed by atoms with Crippen molar-refractivity contribution in [1.82, 2.24) is 0 Å². The van der Waals surface area contributed by atoms with Gasteiger partial charge in [-0.1, -0.05) is 30.3 Å². The number of carbonyl (C=O) groups is 1. The fourth-order valence-corrected chi connectivity index (χ4v) is 1.35. The molecule has 1 N–H and O–H groups in total. The molecule has 1 heterocycles. The van der Waals surface area contributed by atoms with Crippen molar-refractivity contribution < 1.29 is 14.6 Å². The van der Waals surface area contributed by atoms with E-state index in [2.05, 4.69) is 0 Å². The molecule has 2 rings (SSSR count). The molecule has 1 atom stereocenters. The maximum absolute atomic E-state index is 11.2. The maximum Gasteiger partial charge on any atom is 0.320 e. The van der Waals surface area contributed by atoms with Crippen molar-refractivity contribution in [3.05, 3.63) is 42.0 Å². The summed E-state index contributed by atoms with van der Waals surface area (Å²) in [6.07, 6.45) is 1.65. The number of hydrogen-bond acceptors (Lipinski definition) is 3. The fourth-order valence-electron chi connectivity index (χ4n) is 1.35. The summed E-state index contributed by atoms with van der Waals surface area (Å²) in [6, 6.07) is 9.36. The molecule has 14 heavy (non-hydrogen) atoms. The van der Waals surface area contributed by atoms with Gasteiger partial charge in [-0.25, -0.2) is 0 Å². The van der Waals surface area contributed by atoms with Gasteiger partial charge in [0, 0.05) is 5.56 Å². The minimum atomic E-state index is -0.509. The average Bonchev–Trinajstić information content (AvgIpc) is 2.61. The van der Waals surface area contributed by atoms with Crippen molar-refractivity contribution in [2.45, 2.75) is 0 Å². The van der Waals surface area contributed by atoms with Crippen LogP contribution < -0.4 is 0 Å². The Bertz CT molecular complexity index is 367. The van der Waals surface area contributed by atoms with Crippen molar-refractivity contribution in [1.29, 1.82) is 0 Å². The van der Waals surface area contributed by atoms with Gasteiger partial charge >= 0.3 is 5.97 Å². The topological polar surface area (TPSA) is 46.5 Å². The summed E-state index contributed by atoms with van der Waals surface area (Å²) in [4.78, 5) is 11.2. The Kier molecular flexibility index (Phi) is 2.33. The summed E-state index contributed by atoms with van der Waals surface area (Å²) in [5.74, 6) is -0.355. The van der Waals surface area contributed by atoms with Gasteiger partial charge < -0.3 is 9.84 Å². The number of aliphatic hydroxyl groups is 1. The van der Waals surface area contributed by atoms with Crippen LogP contribution in [0.3, 0.4) is 0 Å². The van der Waals surface area contributed by atoms with E-state index >= 15 is 0 Å². The van der Waals surface area contributed by atoms with Crippen LogP contribution in [0.1, 0.15) is 5.56 Å². The van der Waals surface area contributed by atoms with Gasteiger partial charge in [-0.15, -0.1) is 0 Å². The molecule has 0 radical (unpaired) electrons. The van der Waals surface area contributed by atoms with Gasteiger partial charge in [0.2, 0.25) is 0 Å². The lowest BCUT2D eigenvalue weighted by Gasteiger charge is -2.00. The zero-order chi connectivity index (χ0) is 9.97. The van der Waals surface area contributed by atoms with E-state index < -0.39 is 5.92 Å². The number of carbonyl (C=O) groups excluding carboxylic acids is 1. The second-order valence-electron chi connectivity index (χ2n) is 3.11. The van der Waals surface area contributed by atoms with Crippen LogP contribution >= 0.6 is 0 Å². The van der Waals surface area contributed by atoms with E-state index in [-0.39, 0.29) is 12.6 Å². The van der Waals surface area contributed by atoms with Gasteiger partial charge in [0.05, 0.1) is 6.61 Å². The molecular formula is C11H10O3. The second-order valence-corrected chi connectivity index (χ2v) is 3.11. The molecule has 1 aliphatic heterocycles. The summed E-state index contributed by atoms with van der Waals surface area (Å²) < 4.78 is 5.01. The Morgan fingerprint density at radius 3 is 2.57 bits per heavy atom. The first kappa shape index (κ1) is 8.97. The predicted octanol–water partition coefficient (Wildman–Crippen LogP) is 1.19. The summed E-state index contributed by atoms with van der Waals surface area (Å²) in [5, 5.41) is 8.86. The van der Waals surface area contributed by atoms with Crippen LogP contribution in [0.25, 0.3) is 5.76 Å². The van der Waals surface area contributed by atoms with E-state index in [0.29, 0.717) is 5.76 Å². The molecule has 0 spiro atoms. The van der Waals surface area contributed by atoms with Gasteiger partial charge in [0.25, 0.3) is 0 Å². The lowest BCUT2D eigenvalue weighted by atomic mass is 10.1. The zero-order valence-electron chi connectivity index (χ0n) is 7.51. The first-order valence-corrected chi connectivity index (χ1v) is 4.41. The summed E-state index contributed by atoms with van der Waals surface area (Å²) in [7, 11) is 0. The van der Waals surface area contributed by atoms with Crippen molar-refractivity contribution in [3.63, 3.8) is 0 Å². The molecule has 3 nitrogen and oxygen atoms in total. The Morgan fingerprint density at radius 1 is 1.29 bits per heavy atom. The molecular weight excluding hydrogens is 180 g/mol. The number of esters is 1. The molecule has 3 heteroatoms. The van der Waals surface area contributed by atoms with E-state index in [1.165, 1.54) is 0 Å². The van der Waals surface area contributed by atoms with Gasteiger partial charge in [-0.2, -0.15) is 0 Å². The SMILES string of the molecule is O=C1OC(c2ccccc2)=CC1CO. The number of benzene rings is 1. The van der Waals surface area contributed by atoms with Gasteiger partial charge in [-0.05, 0) is 6.08 Å². The van der Waals surface area contributed by atoms with E-state index in [4.69, 9.17) is 9.84 Å². The Balaban J connectivity index is 2.26. The Hall–Kier alpha value is -1.61. The normalized spacial score (nSPS) is 20.5. The number of cyclic esters (lactones) is 1. The molecule has 72 valence electrons. The monoisotopic (exact) mass is 190 g/mol. The van der Waals surface area contributed by atoms with E-state index in [1.54, 1.807) is 6.08 Å². The van der Waals surface area contributed by atoms with Crippen LogP contribution in [0.15, 0.2) is 36.4 Å². The zero-order valence-corrected chi connectivity index (χ0v) is 7.51. The molecule has 1 unspecified atom stereocenters. The van der Waals surface area contributed by atoms with Gasteiger partial charge in [0.15, 0.2) is 0 Å². The molecule has 0 amide bonds. The minimum Gasteiger partial charge on any atom is -0.426 e. The average molecular weight is 190 g/mol. The molecule has 1 aliphatic rings. The molecule has 1 aromatic rings. The smallest absolute Gasteiger partial charge is 0.320 e. The molecule has 1 aromatic carbocycles. The Morgan fingerprint density at radius 2 is 2.00 bits per heavy atom. The third kappa shape index (κ3) is 1.54. The third-order valence-corrected chi connectivity index (χ3v) is 2.12. The van der Waals surface area contributed by atoms with Crippen LogP contribution in [0.5, 0.6) is 0 Å². The standard InChI is InChI=1S/C11H10O3/c12-7-9-6-10(14-11(9)13)8-4-2-1-3-5-8/h1-6,9,12H,7H2. The molecule has 0 aromatic heterocycles. The predicted molar refractivity (Wildman–Crippen MR) is 51.1 cm³/mol. The second kappa shape index (κ2) is 3.64. The first-order chi connectivity index (χ1) is 6.81. The highest BCUT2D eigenvalue weighted by Crippen LogP contribution is 2.25. The van der Waals surface area contributed by atoms with Crippen LogP contribution in [0, 0.1) is 5.92 Å². The molecule has 0 saturated carbocycles. The molecule has 0 saturated heterocycles. The summed E-state index contributed by atoms with van der Waals surface area (Å²) >= 11 is 0. The van der Waals surface area contributed by atoms with Crippen LogP contribution in [0.2, 0.25) is 0 Å². The highest BCUT2D eigenvalue weighted by Gasteiger charge is 2.26. The van der Waals surface area contributed by atoms with Crippen molar-refractivity contribution in [2.24, 2.45) is 5.92 Å². The summed E-state index contributed by atoms with van der Waals surface area (Å²) in [6.45, 7) is -0.199. The van der Waals surface area contributed by atoms with Crippen molar-refractivity contribution >= 4 is 11.7 Å². The fraction of sp³-hybridized carbons (Fsp3) is 0.182. The number of rotatable bonds is 2. The quantitative estimate of drug-likeness (QED) is 0.712. The number of ether oxygens (including phenoxy) is 1. The van der Waals surface area contributed by atoms with E-state index in [1.807, 2.05) is 30.3 Å². The highest BCUT2D eigenvalue weighted by atomic mass is 16.5. The third-order valence-electron chi connectivity index (χ3n) is 2.12. The molecule has 0 bridgehead atoms. The first-order valence-electron chi connectivity index (χ1n) is 4.41. The minimum absolute atomic E-state index is 0.199. The number of aliphatic hydroxyl groups excluding tert-OH is 1. The van der Waals surface area contributed by atoms with Crippen molar-refractivity contribution in [2.75, 3.05) is 6.61 Å². The lowest BCUT2D eigenvalue weighted by molar-refractivity contribution is -0.138. The van der Waals surface area contributed by atoms with Crippen LogP contribution in [-0.2, 0) is 9.53 Å². The van der Waals surface area contributed by atoms with Crippen molar-refractivity contribution in [3.8, 4) is 0 Å². The van der Waals surface area contributed by atoms with Gasteiger partial charge in [-0.3, -0.25) is 4.79 Å². The van der Waals surface area contributed by atoms with E-state index in [9.17, 15) is 4.79 Å². The van der Waals surface area contributed by atoms with Crippen LogP contribution in [-0.4, -0.2) is 17.7 Å². The molecule has 0 fully saturated rings. The maximum atomic E-state index is 11.2. The highest BCUT2D eigenvalue weighted by molar-refractivity contribution is 5.87. The van der Waals surface area contributed by atoms with Crippen LogP contribution in [0.4, 0.5) is 0 Å². The van der Waals surface area contributed by atoms with E-state index in [0.717, 1.165) is 5.56 Å². The lowest BCUT2D eigenvalue weighted by Crippen LogP contribution is -2.11. The largest absolute Gasteiger partial charge is 0.426 e. The molecule has 0 aliphatic carbocycles. The Labute approximate surface area is 81.6 Å². The van der Waals surface area contributed by atoms with Gasteiger partial charge in [0.1, 0.15) is 11.7 Å².